The van der Waals surface area contributed by atoms with E-state index in [1.807, 2.05) is 54.6 Å². The molecule has 0 aliphatic carbocycles. The number of para-hydroxylation sites is 1. The summed E-state index contributed by atoms with van der Waals surface area (Å²) in [6.45, 7) is 1.02. The summed E-state index contributed by atoms with van der Waals surface area (Å²) >= 11 is 0. The van der Waals surface area contributed by atoms with E-state index in [1.54, 1.807) is 12.0 Å². The number of hydrogen-bond acceptors (Lipinski definition) is 3. The molecule has 23 heavy (non-hydrogen) atoms. The van der Waals surface area contributed by atoms with Crippen LogP contribution in [0.1, 0.15) is 30.0 Å². The molecule has 4 nitrogen and oxygen atoms in total. The topological polar surface area (TPSA) is 38.8 Å². The van der Waals surface area contributed by atoms with Gasteiger partial charge in [0.1, 0.15) is 12.4 Å². The Bertz CT molecular complexity index is 657. The number of carbonyl (C=O) groups is 1. The second kappa shape index (κ2) is 7.18. The Labute approximate surface area is 136 Å². The van der Waals surface area contributed by atoms with Gasteiger partial charge in [0.15, 0.2) is 0 Å². The lowest BCUT2D eigenvalue weighted by atomic mass is 10.0. The summed E-state index contributed by atoms with van der Waals surface area (Å²) in [6, 6.07) is 17.6. The molecule has 120 valence electrons. The number of likely N-dealkylation sites (tertiary alicyclic amines) is 1. The third-order valence-electron chi connectivity index (χ3n) is 4.19. The fourth-order valence-electron chi connectivity index (χ4n) is 3.05. The third-order valence-corrected chi connectivity index (χ3v) is 4.19. The summed E-state index contributed by atoms with van der Waals surface area (Å²) in [5.41, 5.74) is 2.04. The molecule has 3 rings (SSSR count). The van der Waals surface area contributed by atoms with E-state index in [1.165, 1.54) is 0 Å². The molecule has 1 unspecified atom stereocenters. The summed E-state index contributed by atoms with van der Waals surface area (Å²) < 4.78 is 10.9. The van der Waals surface area contributed by atoms with E-state index in [0.29, 0.717) is 6.61 Å². The van der Waals surface area contributed by atoms with E-state index in [9.17, 15) is 4.79 Å². The van der Waals surface area contributed by atoms with Gasteiger partial charge < -0.3 is 14.4 Å². The lowest BCUT2D eigenvalue weighted by molar-refractivity contribution is 0.0917. The normalized spacial score (nSPS) is 17.1. The van der Waals surface area contributed by atoms with Gasteiger partial charge in [-0.2, -0.15) is 0 Å². The number of rotatable bonds is 4. The summed E-state index contributed by atoms with van der Waals surface area (Å²) in [4.78, 5) is 14.3. The summed E-state index contributed by atoms with van der Waals surface area (Å²) in [7, 11) is 1.66. The highest BCUT2D eigenvalue weighted by Crippen LogP contribution is 2.37. The van der Waals surface area contributed by atoms with Crippen LogP contribution in [0, 0.1) is 0 Å². The Morgan fingerprint density at radius 1 is 1.13 bits per heavy atom. The highest BCUT2D eigenvalue weighted by Gasteiger charge is 2.32. The molecular formula is C19H21NO3. The number of methoxy groups -OCH3 is 1. The number of benzene rings is 2. The Balaban J connectivity index is 1.70. The first kappa shape index (κ1) is 15.4. The van der Waals surface area contributed by atoms with Crippen molar-refractivity contribution in [2.75, 3.05) is 13.7 Å². The van der Waals surface area contributed by atoms with E-state index in [0.717, 1.165) is 36.3 Å². The fraction of sp³-hybridized carbons (Fsp3) is 0.316. The van der Waals surface area contributed by atoms with Crippen molar-refractivity contribution in [1.82, 2.24) is 4.90 Å². The molecule has 0 aromatic heterocycles. The van der Waals surface area contributed by atoms with Gasteiger partial charge in [-0.3, -0.25) is 0 Å². The lowest BCUT2D eigenvalue weighted by Gasteiger charge is -2.25. The first-order valence-electron chi connectivity index (χ1n) is 7.90. The highest BCUT2D eigenvalue weighted by molar-refractivity contribution is 5.69. The molecule has 0 N–H and O–H groups in total. The molecule has 2 aromatic rings. The zero-order valence-corrected chi connectivity index (χ0v) is 13.3. The van der Waals surface area contributed by atoms with E-state index in [2.05, 4.69) is 0 Å². The van der Waals surface area contributed by atoms with Crippen LogP contribution in [0.3, 0.4) is 0 Å². The minimum absolute atomic E-state index is 0.0226. The SMILES string of the molecule is COc1ccccc1C1CCCN1C(=O)OCc1ccccc1. The molecule has 1 aliphatic rings. The zero-order chi connectivity index (χ0) is 16.1. The van der Waals surface area contributed by atoms with E-state index < -0.39 is 0 Å². The van der Waals surface area contributed by atoms with Crippen LogP contribution < -0.4 is 4.74 Å². The minimum Gasteiger partial charge on any atom is -0.496 e. The second-order valence-electron chi connectivity index (χ2n) is 5.63. The van der Waals surface area contributed by atoms with Crippen LogP contribution in [0.25, 0.3) is 0 Å². The van der Waals surface area contributed by atoms with Crippen molar-refractivity contribution in [3.8, 4) is 5.75 Å². The molecule has 1 amide bonds. The largest absolute Gasteiger partial charge is 0.496 e. The van der Waals surface area contributed by atoms with Crippen molar-refractivity contribution in [1.29, 1.82) is 0 Å². The average molecular weight is 311 g/mol. The van der Waals surface area contributed by atoms with Crippen LogP contribution in [0.2, 0.25) is 0 Å². The van der Waals surface area contributed by atoms with Crippen LogP contribution >= 0.6 is 0 Å². The molecule has 1 atom stereocenters. The number of hydrogen-bond donors (Lipinski definition) is 0. The molecule has 0 saturated carbocycles. The van der Waals surface area contributed by atoms with Crippen LogP contribution in [0.4, 0.5) is 4.79 Å². The second-order valence-corrected chi connectivity index (χ2v) is 5.63. The Kier molecular flexibility index (Phi) is 4.81. The molecular weight excluding hydrogens is 290 g/mol. The zero-order valence-electron chi connectivity index (χ0n) is 13.3. The van der Waals surface area contributed by atoms with Gasteiger partial charge in [-0.15, -0.1) is 0 Å². The van der Waals surface area contributed by atoms with Crippen molar-refractivity contribution in [2.45, 2.75) is 25.5 Å². The first-order chi connectivity index (χ1) is 11.3. The predicted octanol–water partition coefficient (Wildman–Crippen LogP) is 4.17. The standard InChI is InChI=1S/C19H21NO3/c1-22-18-12-6-5-10-16(18)17-11-7-13-20(17)19(21)23-14-15-8-3-2-4-9-15/h2-6,8-10,12,17H,7,11,13-14H2,1H3. The molecule has 4 heteroatoms. The quantitative estimate of drug-likeness (QED) is 0.850. The van der Waals surface area contributed by atoms with Gasteiger partial charge in [-0.1, -0.05) is 48.5 Å². The number of carbonyl (C=O) groups excluding carboxylic acids is 1. The highest BCUT2D eigenvalue weighted by atomic mass is 16.6. The summed E-state index contributed by atoms with van der Waals surface area (Å²) in [5.74, 6) is 0.820. The molecule has 2 aromatic carbocycles. The Hall–Kier alpha value is -2.49. The van der Waals surface area contributed by atoms with Gasteiger partial charge in [0.2, 0.25) is 0 Å². The third kappa shape index (κ3) is 3.47. The van der Waals surface area contributed by atoms with Gasteiger partial charge in [-0.05, 0) is 24.5 Å². The van der Waals surface area contributed by atoms with Gasteiger partial charge in [-0.25, -0.2) is 4.79 Å². The first-order valence-corrected chi connectivity index (χ1v) is 7.90. The Morgan fingerprint density at radius 3 is 2.65 bits per heavy atom. The van der Waals surface area contributed by atoms with Crippen molar-refractivity contribution < 1.29 is 14.3 Å². The maximum absolute atomic E-state index is 12.5. The van der Waals surface area contributed by atoms with Crippen molar-refractivity contribution in [3.05, 3.63) is 65.7 Å². The van der Waals surface area contributed by atoms with Gasteiger partial charge in [0.25, 0.3) is 0 Å². The molecule has 1 saturated heterocycles. The molecule has 0 spiro atoms. The minimum atomic E-state index is -0.262. The van der Waals surface area contributed by atoms with Gasteiger partial charge in [0, 0.05) is 12.1 Å². The average Bonchev–Trinajstić information content (AvgIpc) is 3.10. The summed E-state index contributed by atoms with van der Waals surface area (Å²) in [5, 5.41) is 0. The maximum Gasteiger partial charge on any atom is 0.410 e. The molecule has 0 bridgehead atoms. The maximum atomic E-state index is 12.5. The van der Waals surface area contributed by atoms with E-state index in [-0.39, 0.29) is 12.1 Å². The van der Waals surface area contributed by atoms with Crippen LogP contribution in [-0.2, 0) is 11.3 Å². The number of nitrogens with zero attached hydrogens (tertiary/aromatic N) is 1. The van der Waals surface area contributed by atoms with Crippen LogP contribution in [0.5, 0.6) is 5.75 Å². The van der Waals surface area contributed by atoms with Crippen molar-refractivity contribution >= 4 is 6.09 Å². The van der Waals surface area contributed by atoms with E-state index in [4.69, 9.17) is 9.47 Å². The van der Waals surface area contributed by atoms with Crippen LogP contribution in [-0.4, -0.2) is 24.6 Å². The fourth-order valence-corrected chi connectivity index (χ4v) is 3.05. The smallest absolute Gasteiger partial charge is 0.410 e. The molecule has 0 radical (unpaired) electrons. The van der Waals surface area contributed by atoms with Crippen LogP contribution in [0.15, 0.2) is 54.6 Å². The lowest BCUT2D eigenvalue weighted by Crippen LogP contribution is -2.31. The monoisotopic (exact) mass is 311 g/mol. The number of ether oxygens (including phenoxy) is 2. The molecule has 1 fully saturated rings. The Morgan fingerprint density at radius 2 is 1.87 bits per heavy atom. The van der Waals surface area contributed by atoms with Gasteiger partial charge in [0.05, 0.1) is 13.2 Å². The van der Waals surface area contributed by atoms with Gasteiger partial charge >= 0.3 is 6.09 Å². The summed E-state index contributed by atoms with van der Waals surface area (Å²) in [6.07, 6.45) is 1.64. The number of amides is 1. The molecule has 1 aliphatic heterocycles. The predicted molar refractivity (Wildman–Crippen MR) is 88.3 cm³/mol. The van der Waals surface area contributed by atoms with Crippen molar-refractivity contribution in [2.24, 2.45) is 0 Å². The van der Waals surface area contributed by atoms with Crippen molar-refractivity contribution in [3.63, 3.8) is 0 Å². The molecule has 1 heterocycles. The van der Waals surface area contributed by atoms with E-state index >= 15 is 0 Å².